The first-order chi connectivity index (χ1) is 10.8. The molecule has 23 heavy (non-hydrogen) atoms. The average molecular weight is 325 g/mol. The molecule has 0 spiro atoms. The minimum absolute atomic E-state index is 0.00401. The van der Waals surface area contributed by atoms with E-state index in [-0.39, 0.29) is 11.3 Å². The van der Waals surface area contributed by atoms with Crippen LogP contribution in [0.15, 0.2) is 35.3 Å². The van der Waals surface area contributed by atoms with Crippen molar-refractivity contribution < 1.29 is 4.79 Å². The van der Waals surface area contributed by atoms with Gasteiger partial charge >= 0.3 is 0 Å². The van der Waals surface area contributed by atoms with E-state index >= 15 is 0 Å². The Bertz CT molecular complexity index is 774. The molecule has 0 radical (unpaired) electrons. The van der Waals surface area contributed by atoms with Gasteiger partial charge in [0, 0.05) is 23.7 Å². The lowest BCUT2D eigenvalue weighted by atomic mass is 9.95. The van der Waals surface area contributed by atoms with Crippen molar-refractivity contribution in [2.24, 2.45) is 4.99 Å². The molecule has 0 aliphatic carbocycles. The van der Waals surface area contributed by atoms with Crippen molar-refractivity contribution in [3.05, 3.63) is 45.6 Å². The largest absolute Gasteiger partial charge is 0.326 e. The van der Waals surface area contributed by atoms with E-state index in [2.05, 4.69) is 37.1 Å². The normalized spacial score (nSPS) is 11.4. The van der Waals surface area contributed by atoms with E-state index in [4.69, 9.17) is 0 Å². The number of carbonyl (C=O) groups excluding carboxylic acids is 1. The standard InChI is InChI=1S/C18H19N3OS/c1-12(22)21-14-7-5-13(6-8-14)11-20-15-9-17(18(2,3)4)23-16(15)10-19/h5-9,11H,1-4H3,(H,21,22). The van der Waals surface area contributed by atoms with Crippen LogP contribution in [-0.4, -0.2) is 12.1 Å². The number of benzene rings is 1. The zero-order valence-corrected chi connectivity index (χ0v) is 14.5. The summed E-state index contributed by atoms with van der Waals surface area (Å²) in [6, 6.07) is 11.6. The SMILES string of the molecule is CC(=O)Nc1ccc(C=Nc2cc(C(C)(C)C)sc2C#N)cc1. The molecule has 1 amide bonds. The molecule has 5 heteroatoms. The third-order valence-corrected chi connectivity index (χ3v) is 4.59. The zero-order valence-electron chi connectivity index (χ0n) is 13.7. The first-order valence-electron chi connectivity index (χ1n) is 7.26. The van der Waals surface area contributed by atoms with Gasteiger partial charge in [0.1, 0.15) is 10.9 Å². The Morgan fingerprint density at radius 1 is 1.30 bits per heavy atom. The van der Waals surface area contributed by atoms with Crippen LogP contribution >= 0.6 is 11.3 Å². The highest BCUT2D eigenvalue weighted by atomic mass is 32.1. The molecule has 0 atom stereocenters. The van der Waals surface area contributed by atoms with Gasteiger partial charge < -0.3 is 5.32 Å². The maximum atomic E-state index is 11.0. The lowest BCUT2D eigenvalue weighted by Gasteiger charge is -2.14. The summed E-state index contributed by atoms with van der Waals surface area (Å²) in [7, 11) is 0. The van der Waals surface area contributed by atoms with Crippen LogP contribution in [0, 0.1) is 11.3 Å². The number of hydrogen-bond donors (Lipinski definition) is 1. The smallest absolute Gasteiger partial charge is 0.221 e. The van der Waals surface area contributed by atoms with Crippen molar-refractivity contribution in [3.8, 4) is 6.07 Å². The number of aliphatic imine (C=N–C) groups is 1. The first kappa shape index (κ1) is 16.9. The van der Waals surface area contributed by atoms with Gasteiger partial charge in [-0.2, -0.15) is 5.26 Å². The average Bonchev–Trinajstić information content (AvgIpc) is 2.89. The molecule has 4 nitrogen and oxygen atoms in total. The molecule has 118 valence electrons. The molecule has 0 aliphatic rings. The quantitative estimate of drug-likeness (QED) is 0.836. The Labute approximate surface area is 140 Å². The Hall–Kier alpha value is -2.45. The second-order valence-electron chi connectivity index (χ2n) is 6.25. The molecular weight excluding hydrogens is 306 g/mol. The van der Waals surface area contributed by atoms with Gasteiger partial charge in [-0.05, 0) is 29.2 Å². The molecule has 1 N–H and O–H groups in total. The lowest BCUT2D eigenvalue weighted by molar-refractivity contribution is -0.114. The minimum atomic E-state index is -0.0990. The van der Waals surface area contributed by atoms with Crippen molar-refractivity contribution in [1.29, 1.82) is 5.26 Å². The van der Waals surface area contributed by atoms with Gasteiger partial charge in [0.15, 0.2) is 0 Å². The number of nitrogens with one attached hydrogen (secondary N) is 1. The molecule has 1 aromatic heterocycles. The number of carbonyl (C=O) groups is 1. The number of hydrogen-bond acceptors (Lipinski definition) is 4. The number of nitriles is 1. The minimum Gasteiger partial charge on any atom is -0.326 e. The molecule has 2 rings (SSSR count). The van der Waals surface area contributed by atoms with Gasteiger partial charge in [-0.3, -0.25) is 9.79 Å². The third kappa shape index (κ3) is 4.51. The fraction of sp³-hybridized carbons (Fsp3) is 0.278. The monoisotopic (exact) mass is 325 g/mol. The van der Waals surface area contributed by atoms with E-state index in [1.807, 2.05) is 30.3 Å². The van der Waals surface area contributed by atoms with Crippen LogP contribution in [-0.2, 0) is 10.2 Å². The summed E-state index contributed by atoms with van der Waals surface area (Å²) in [6.45, 7) is 7.83. The highest BCUT2D eigenvalue weighted by Crippen LogP contribution is 2.36. The highest BCUT2D eigenvalue weighted by Gasteiger charge is 2.19. The number of thiophene rings is 1. The molecule has 2 aromatic rings. The maximum Gasteiger partial charge on any atom is 0.221 e. The Kier molecular flexibility index (Phi) is 4.97. The van der Waals surface area contributed by atoms with E-state index < -0.39 is 0 Å². The van der Waals surface area contributed by atoms with Crippen molar-refractivity contribution in [3.63, 3.8) is 0 Å². The molecule has 0 fully saturated rings. The fourth-order valence-electron chi connectivity index (χ4n) is 1.93. The van der Waals surface area contributed by atoms with Crippen molar-refractivity contribution in [1.82, 2.24) is 0 Å². The molecule has 0 bridgehead atoms. The van der Waals surface area contributed by atoms with Crippen molar-refractivity contribution in [2.45, 2.75) is 33.1 Å². The van der Waals surface area contributed by atoms with Gasteiger partial charge in [-0.1, -0.05) is 32.9 Å². The number of anilines is 1. The molecule has 1 aromatic carbocycles. The van der Waals surface area contributed by atoms with E-state index in [1.165, 1.54) is 18.3 Å². The van der Waals surface area contributed by atoms with Gasteiger partial charge in [-0.25, -0.2) is 0 Å². The van der Waals surface area contributed by atoms with Gasteiger partial charge in [0.25, 0.3) is 0 Å². The molecule has 0 saturated carbocycles. The van der Waals surface area contributed by atoms with Crippen LogP contribution in [0.1, 0.15) is 43.0 Å². The van der Waals surface area contributed by atoms with Gasteiger partial charge in [0.2, 0.25) is 5.91 Å². The van der Waals surface area contributed by atoms with Crippen LogP contribution in [0.5, 0.6) is 0 Å². The van der Waals surface area contributed by atoms with Gasteiger partial charge in [0.05, 0.1) is 5.69 Å². The third-order valence-electron chi connectivity index (χ3n) is 3.14. The first-order valence-corrected chi connectivity index (χ1v) is 8.07. The summed E-state index contributed by atoms with van der Waals surface area (Å²) in [5.41, 5.74) is 2.36. The summed E-state index contributed by atoms with van der Waals surface area (Å²) in [5, 5.41) is 12.0. The summed E-state index contributed by atoms with van der Waals surface area (Å²) in [4.78, 5) is 17.2. The molecular formula is C18H19N3OS. The summed E-state index contributed by atoms with van der Waals surface area (Å²) >= 11 is 1.49. The van der Waals surface area contributed by atoms with Crippen LogP contribution in [0.4, 0.5) is 11.4 Å². The predicted molar refractivity (Wildman–Crippen MR) is 95.7 cm³/mol. The number of nitrogens with zero attached hydrogens (tertiary/aromatic N) is 2. The van der Waals surface area contributed by atoms with E-state index in [0.717, 1.165) is 16.1 Å². The predicted octanol–water partition coefficient (Wildman–Crippen LogP) is 4.63. The van der Waals surface area contributed by atoms with Crippen LogP contribution in [0.25, 0.3) is 0 Å². The van der Waals surface area contributed by atoms with E-state index in [0.29, 0.717) is 10.6 Å². The van der Waals surface area contributed by atoms with E-state index in [1.54, 1.807) is 6.21 Å². The second kappa shape index (κ2) is 6.76. The fourth-order valence-corrected chi connectivity index (χ4v) is 2.89. The molecule has 0 unspecified atom stereocenters. The van der Waals surface area contributed by atoms with Crippen LogP contribution in [0.3, 0.4) is 0 Å². The topological polar surface area (TPSA) is 65.2 Å². The molecule has 0 saturated heterocycles. The zero-order chi connectivity index (χ0) is 17.0. The maximum absolute atomic E-state index is 11.0. The van der Waals surface area contributed by atoms with Crippen molar-refractivity contribution >= 4 is 34.8 Å². The Balaban J connectivity index is 2.21. The van der Waals surface area contributed by atoms with Crippen LogP contribution in [0.2, 0.25) is 0 Å². The summed E-state index contributed by atoms with van der Waals surface area (Å²) < 4.78 is 0. The number of amides is 1. The molecule has 1 heterocycles. The lowest BCUT2D eigenvalue weighted by Crippen LogP contribution is -2.07. The van der Waals surface area contributed by atoms with Gasteiger partial charge in [-0.15, -0.1) is 11.3 Å². The Morgan fingerprint density at radius 3 is 2.48 bits per heavy atom. The molecule has 0 aliphatic heterocycles. The Morgan fingerprint density at radius 2 is 1.96 bits per heavy atom. The second-order valence-corrected chi connectivity index (χ2v) is 7.30. The van der Waals surface area contributed by atoms with E-state index in [9.17, 15) is 10.1 Å². The summed E-state index contributed by atoms with van der Waals surface area (Å²) in [6.07, 6.45) is 1.73. The summed E-state index contributed by atoms with van der Waals surface area (Å²) in [5.74, 6) is -0.0990. The number of rotatable bonds is 3. The highest BCUT2D eigenvalue weighted by molar-refractivity contribution is 7.13. The van der Waals surface area contributed by atoms with Crippen molar-refractivity contribution in [2.75, 3.05) is 5.32 Å². The van der Waals surface area contributed by atoms with Crippen LogP contribution < -0.4 is 5.32 Å².